The molecule has 0 rings (SSSR count). The summed E-state index contributed by atoms with van der Waals surface area (Å²) in [6.45, 7) is 8.47. The highest BCUT2D eigenvalue weighted by Gasteiger charge is 2.15. The maximum atomic E-state index is 11.0. The average Bonchev–Trinajstić information content (AvgIpc) is 1.97. The largest absolute Gasteiger partial charge is 0.503 e. The fraction of sp³-hybridized carbons (Fsp3) is 0.556. The summed E-state index contributed by atoms with van der Waals surface area (Å²) in [4.78, 5) is 11.0. The van der Waals surface area contributed by atoms with Crippen LogP contribution in [0.15, 0.2) is 18.1 Å². The number of hydrogen-bond donors (Lipinski definition) is 2. The van der Waals surface area contributed by atoms with Crippen LogP contribution in [-0.2, 0) is 4.74 Å². The van der Waals surface area contributed by atoms with Gasteiger partial charge in [-0.3, -0.25) is 0 Å². The maximum Gasteiger partial charge on any atom is 0.408 e. The molecule has 0 heterocycles. The lowest BCUT2D eigenvalue weighted by atomic mass is 10.2. The van der Waals surface area contributed by atoms with E-state index in [0.29, 0.717) is 0 Å². The maximum absolute atomic E-state index is 11.0. The minimum atomic E-state index is -0.575. The summed E-state index contributed by atoms with van der Waals surface area (Å²) in [6.07, 6.45) is -0.575. The van der Waals surface area contributed by atoms with Crippen LogP contribution in [0.1, 0.15) is 20.8 Å². The molecule has 13 heavy (non-hydrogen) atoms. The number of nitrogens with one attached hydrogen (secondary N) is 1. The first-order chi connectivity index (χ1) is 5.85. The number of aliphatic hydroxyl groups excluding tert-OH is 1. The second-order valence-electron chi connectivity index (χ2n) is 3.48. The van der Waals surface area contributed by atoms with Crippen molar-refractivity contribution in [1.82, 2.24) is 5.32 Å². The molecule has 0 atom stereocenters. The molecular weight excluding hydrogens is 170 g/mol. The molecule has 0 aromatic carbocycles. The third-order valence-corrected chi connectivity index (χ3v) is 1.00. The zero-order chi connectivity index (χ0) is 10.5. The molecule has 0 saturated carbocycles. The number of ether oxygens (including phenoxy) is 1. The fourth-order valence-corrected chi connectivity index (χ4v) is 0.533. The molecule has 1 amide bonds. The molecule has 4 nitrogen and oxygen atoms in total. The van der Waals surface area contributed by atoms with E-state index in [1.165, 1.54) is 0 Å². The lowest BCUT2D eigenvalue weighted by molar-refractivity contribution is 0.0527. The summed E-state index contributed by atoms with van der Waals surface area (Å²) in [5.74, 6) is -0.120. The van der Waals surface area contributed by atoms with Crippen molar-refractivity contribution < 1.29 is 14.6 Å². The molecule has 74 valence electrons. The number of hydrogen-bond acceptors (Lipinski definition) is 3. The summed E-state index contributed by atoms with van der Waals surface area (Å²) in [5, 5.41) is 11.2. The molecule has 0 aromatic heterocycles. The normalized spacial score (nSPS) is 10.1. The molecular formula is C9H15NO3. The highest BCUT2D eigenvalue weighted by atomic mass is 16.6. The molecule has 0 aliphatic heterocycles. The van der Waals surface area contributed by atoms with Gasteiger partial charge in [-0.05, 0) is 20.8 Å². The van der Waals surface area contributed by atoms with Crippen LogP contribution in [0.5, 0.6) is 0 Å². The van der Waals surface area contributed by atoms with Crippen LogP contribution in [0.2, 0.25) is 0 Å². The third-order valence-electron chi connectivity index (χ3n) is 1.00. The lowest BCUT2D eigenvalue weighted by Gasteiger charge is -2.19. The monoisotopic (exact) mass is 185 g/mol. The van der Waals surface area contributed by atoms with E-state index in [9.17, 15) is 4.79 Å². The number of rotatable bonds is 2. The number of aliphatic hydroxyl groups is 1. The van der Waals surface area contributed by atoms with Crippen molar-refractivity contribution in [3.8, 4) is 0 Å². The van der Waals surface area contributed by atoms with Crippen molar-refractivity contribution in [2.24, 2.45) is 0 Å². The molecule has 0 bridgehead atoms. The molecule has 0 unspecified atom stereocenters. The lowest BCUT2D eigenvalue weighted by Crippen LogP contribution is -2.33. The Bertz CT molecular complexity index is 234. The summed E-state index contributed by atoms with van der Waals surface area (Å²) < 4.78 is 4.91. The second-order valence-corrected chi connectivity index (χ2v) is 3.48. The van der Waals surface area contributed by atoms with Gasteiger partial charge in [0.05, 0.1) is 6.54 Å². The van der Waals surface area contributed by atoms with Gasteiger partial charge in [0.25, 0.3) is 0 Å². The van der Waals surface area contributed by atoms with E-state index in [2.05, 4.69) is 17.6 Å². The topological polar surface area (TPSA) is 58.6 Å². The van der Waals surface area contributed by atoms with Crippen LogP contribution in [0.25, 0.3) is 0 Å². The third kappa shape index (κ3) is 6.97. The molecule has 0 saturated heterocycles. The number of amides is 1. The van der Waals surface area contributed by atoms with Gasteiger partial charge in [0, 0.05) is 0 Å². The van der Waals surface area contributed by atoms with Crippen LogP contribution in [0.3, 0.4) is 0 Å². The summed E-state index contributed by atoms with van der Waals surface area (Å²) >= 11 is 0. The van der Waals surface area contributed by atoms with E-state index in [4.69, 9.17) is 9.84 Å². The van der Waals surface area contributed by atoms with E-state index in [0.717, 1.165) is 0 Å². The number of alkyl carbamates (subject to hydrolysis) is 1. The van der Waals surface area contributed by atoms with Crippen molar-refractivity contribution in [2.45, 2.75) is 26.4 Å². The minimum Gasteiger partial charge on any atom is -0.503 e. The van der Waals surface area contributed by atoms with E-state index in [-0.39, 0.29) is 12.3 Å². The van der Waals surface area contributed by atoms with Crippen molar-refractivity contribution in [2.75, 3.05) is 6.54 Å². The molecule has 0 radical (unpaired) electrons. The van der Waals surface area contributed by atoms with E-state index >= 15 is 0 Å². The van der Waals surface area contributed by atoms with Gasteiger partial charge in [-0.25, -0.2) is 4.79 Å². The number of carbonyl (C=O) groups is 1. The van der Waals surface area contributed by atoms with Crippen LogP contribution < -0.4 is 5.32 Å². The Morgan fingerprint density at radius 1 is 1.62 bits per heavy atom. The van der Waals surface area contributed by atoms with E-state index in [1.54, 1.807) is 20.8 Å². The van der Waals surface area contributed by atoms with Crippen LogP contribution >= 0.6 is 0 Å². The van der Waals surface area contributed by atoms with Gasteiger partial charge >= 0.3 is 6.09 Å². The first kappa shape index (κ1) is 11.6. The zero-order valence-corrected chi connectivity index (χ0v) is 8.18. The second kappa shape index (κ2) is 4.58. The SMILES string of the molecule is C=C=C(O)CNC(=O)OC(C)(C)C. The Labute approximate surface area is 77.9 Å². The molecule has 0 fully saturated rings. The quantitative estimate of drug-likeness (QED) is 0.509. The first-order valence-electron chi connectivity index (χ1n) is 3.90. The molecule has 2 N–H and O–H groups in total. The average molecular weight is 185 g/mol. The van der Waals surface area contributed by atoms with Crippen LogP contribution in [0, 0.1) is 0 Å². The van der Waals surface area contributed by atoms with Crippen LogP contribution in [-0.4, -0.2) is 23.3 Å². The van der Waals surface area contributed by atoms with E-state index in [1.807, 2.05) is 0 Å². The Morgan fingerprint density at radius 3 is 2.54 bits per heavy atom. The summed E-state index contributed by atoms with van der Waals surface area (Å²) in [6, 6.07) is 0. The highest BCUT2D eigenvalue weighted by Crippen LogP contribution is 2.06. The van der Waals surface area contributed by atoms with Gasteiger partial charge in [0.15, 0.2) is 5.76 Å². The molecule has 4 heteroatoms. The van der Waals surface area contributed by atoms with Gasteiger partial charge < -0.3 is 15.2 Å². The fourth-order valence-electron chi connectivity index (χ4n) is 0.533. The molecule has 0 aliphatic rings. The molecule has 0 spiro atoms. The summed E-state index contributed by atoms with van der Waals surface area (Å²) in [5.41, 5.74) is 1.70. The number of carbonyl (C=O) groups excluding carboxylic acids is 1. The first-order valence-corrected chi connectivity index (χ1v) is 3.90. The molecule has 0 aliphatic carbocycles. The zero-order valence-electron chi connectivity index (χ0n) is 8.18. The van der Waals surface area contributed by atoms with Crippen molar-refractivity contribution in [3.05, 3.63) is 18.1 Å². The standard InChI is InChI=1S/C9H15NO3/c1-5-7(11)6-10-8(12)13-9(2,3)4/h11H,1,6H2,2-4H3,(H,10,12). The Hall–Kier alpha value is -1.41. The van der Waals surface area contributed by atoms with Gasteiger partial charge in [0.2, 0.25) is 0 Å². The van der Waals surface area contributed by atoms with Crippen molar-refractivity contribution in [1.29, 1.82) is 0 Å². The van der Waals surface area contributed by atoms with Gasteiger partial charge in [0.1, 0.15) is 5.60 Å². The van der Waals surface area contributed by atoms with E-state index < -0.39 is 11.7 Å². The Balaban J connectivity index is 3.84. The van der Waals surface area contributed by atoms with Crippen molar-refractivity contribution in [3.63, 3.8) is 0 Å². The smallest absolute Gasteiger partial charge is 0.408 e. The van der Waals surface area contributed by atoms with Crippen molar-refractivity contribution >= 4 is 6.09 Å². The Kier molecular flexibility index (Phi) is 4.08. The Morgan fingerprint density at radius 2 is 2.15 bits per heavy atom. The van der Waals surface area contributed by atoms with Crippen LogP contribution in [0.4, 0.5) is 4.79 Å². The summed E-state index contributed by atoms with van der Waals surface area (Å²) in [7, 11) is 0. The van der Waals surface area contributed by atoms with Gasteiger partial charge in [-0.2, -0.15) is 0 Å². The predicted octanol–water partition coefficient (Wildman–Crippen LogP) is 1.74. The van der Waals surface area contributed by atoms with Gasteiger partial charge in [-0.15, -0.1) is 0 Å². The highest BCUT2D eigenvalue weighted by molar-refractivity contribution is 5.67. The predicted molar refractivity (Wildman–Crippen MR) is 49.5 cm³/mol. The minimum absolute atomic E-state index is 0.0155. The molecule has 0 aromatic rings. The van der Waals surface area contributed by atoms with Gasteiger partial charge in [-0.1, -0.05) is 12.3 Å².